The van der Waals surface area contributed by atoms with Crippen molar-refractivity contribution in [2.24, 2.45) is 17.1 Å². The molecular weight excluding hydrogens is 626 g/mol. The zero-order valence-corrected chi connectivity index (χ0v) is 28.5. The minimum atomic E-state index is -4.22. The molecule has 47 heavy (non-hydrogen) atoms. The molecular formula is C35H48F2N4O5S. The van der Waals surface area contributed by atoms with Crippen molar-refractivity contribution >= 4 is 21.8 Å². The molecule has 3 atom stereocenters. The van der Waals surface area contributed by atoms with E-state index in [4.69, 9.17) is 5.73 Å². The zero-order valence-electron chi connectivity index (χ0n) is 27.7. The molecule has 0 saturated heterocycles. The summed E-state index contributed by atoms with van der Waals surface area (Å²) in [6.45, 7) is 8.62. The molecule has 1 aliphatic carbocycles. The molecule has 0 spiro atoms. The number of primary amides is 1. The second-order valence-corrected chi connectivity index (χ2v) is 13.8. The van der Waals surface area contributed by atoms with Crippen LogP contribution in [0.3, 0.4) is 0 Å². The molecule has 9 nitrogen and oxygen atoms in total. The van der Waals surface area contributed by atoms with Gasteiger partial charge in [0.15, 0.2) is 0 Å². The van der Waals surface area contributed by atoms with E-state index in [2.05, 4.69) is 10.0 Å². The topological polar surface area (TPSA) is 142 Å². The predicted molar refractivity (Wildman–Crippen MR) is 179 cm³/mol. The van der Waals surface area contributed by atoms with E-state index in [1.165, 1.54) is 12.2 Å². The third kappa shape index (κ3) is 9.79. The van der Waals surface area contributed by atoms with Crippen LogP contribution in [-0.4, -0.2) is 62.5 Å². The Labute approximate surface area is 277 Å². The van der Waals surface area contributed by atoms with E-state index in [0.29, 0.717) is 38.5 Å². The molecule has 0 aromatic heterocycles. The standard InChI is InChI=1S/C35H48F2N4O5S/c1-5-12-41(13-6-2)33(43)27-18-30(47(45,46)40-8-4)21-35(20-27,34(38)44)31(17-26-15-28(36)19-29(37)16-26)32(42)23-39-22-25-11-9-10-24(7-3)14-25/h9-11,14-16,18-19,21,31-32,39-40,42H,5-8,12-13,17,20,22-23H2,1-4H3,(H2,38,44)/t31-,32+,35?/m1/s1. The monoisotopic (exact) mass is 674 g/mol. The van der Waals surface area contributed by atoms with E-state index in [-0.39, 0.29) is 42.0 Å². The molecule has 2 aromatic rings. The summed E-state index contributed by atoms with van der Waals surface area (Å²) in [7, 11) is -4.22. The minimum Gasteiger partial charge on any atom is -0.391 e. The number of aryl methyl sites for hydroxylation is 1. The predicted octanol–water partition coefficient (Wildman–Crippen LogP) is 4.11. The Hall–Kier alpha value is -3.45. The molecule has 0 radical (unpaired) electrons. The first-order chi connectivity index (χ1) is 22.3. The Morgan fingerprint density at radius 2 is 1.64 bits per heavy atom. The molecule has 2 amide bonds. The number of rotatable bonds is 18. The van der Waals surface area contributed by atoms with Gasteiger partial charge in [-0.15, -0.1) is 0 Å². The van der Waals surface area contributed by atoms with Gasteiger partial charge in [-0.25, -0.2) is 21.9 Å². The molecule has 5 N–H and O–H groups in total. The van der Waals surface area contributed by atoms with Crippen molar-refractivity contribution in [3.8, 4) is 0 Å². The van der Waals surface area contributed by atoms with Crippen LogP contribution in [0.25, 0.3) is 0 Å². The number of hydrogen-bond donors (Lipinski definition) is 4. The van der Waals surface area contributed by atoms with Crippen LogP contribution in [0.1, 0.15) is 63.6 Å². The van der Waals surface area contributed by atoms with Gasteiger partial charge in [0.1, 0.15) is 11.6 Å². The van der Waals surface area contributed by atoms with Gasteiger partial charge in [0.05, 0.1) is 16.4 Å². The van der Waals surface area contributed by atoms with Gasteiger partial charge >= 0.3 is 0 Å². The van der Waals surface area contributed by atoms with Crippen molar-refractivity contribution in [2.75, 3.05) is 26.2 Å². The molecule has 0 heterocycles. The van der Waals surface area contributed by atoms with Crippen LogP contribution >= 0.6 is 0 Å². The van der Waals surface area contributed by atoms with Gasteiger partial charge in [0.25, 0.3) is 0 Å². The highest BCUT2D eigenvalue weighted by atomic mass is 32.2. The van der Waals surface area contributed by atoms with Crippen molar-refractivity contribution in [1.29, 1.82) is 0 Å². The number of hydrogen-bond acceptors (Lipinski definition) is 6. The van der Waals surface area contributed by atoms with Crippen LogP contribution in [0.2, 0.25) is 0 Å². The van der Waals surface area contributed by atoms with E-state index in [1.54, 1.807) is 11.8 Å². The van der Waals surface area contributed by atoms with Crippen molar-refractivity contribution in [1.82, 2.24) is 14.9 Å². The second-order valence-electron chi connectivity index (χ2n) is 12.1. The first-order valence-corrected chi connectivity index (χ1v) is 17.7. The maximum Gasteiger partial charge on any atom is 0.249 e. The summed E-state index contributed by atoms with van der Waals surface area (Å²) >= 11 is 0. The lowest BCUT2D eigenvalue weighted by Gasteiger charge is -2.42. The number of sulfonamides is 1. The summed E-state index contributed by atoms with van der Waals surface area (Å²) in [5.74, 6) is -4.32. The molecule has 0 aliphatic heterocycles. The van der Waals surface area contributed by atoms with Crippen molar-refractivity contribution in [3.05, 3.63) is 93.4 Å². The fourth-order valence-corrected chi connectivity index (χ4v) is 7.41. The summed E-state index contributed by atoms with van der Waals surface area (Å²) in [6.07, 6.45) is 2.68. The van der Waals surface area contributed by atoms with Crippen LogP contribution in [0.5, 0.6) is 0 Å². The van der Waals surface area contributed by atoms with Crippen molar-refractivity contribution in [2.45, 2.75) is 72.4 Å². The van der Waals surface area contributed by atoms with Crippen molar-refractivity contribution < 1.29 is 31.9 Å². The molecule has 0 saturated carbocycles. The molecule has 2 aromatic carbocycles. The number of nitrogens with one attached hydrogen (secondary N) is 2. The zero-order chi connectivity index (χ0) is 34.8. The van der Waals surface area contributed by atoms with Gasteiger partial charge in [-0.3, -0.25) is 9.59 Å². The number of allylic oxidation sites excluding steroid dienone is 1. The number of aliphatic hydroxyl groups is 1. The number of nitrogens with zero attached hydrogens (tertiary/aromatic N) is 1. The van der Waals surface area contributed by atoms with Crippen LogP contribution in [-0.2, 0) is 39.0 Å². The average molecular weight is 675 g/mol. The van der Waals surface area contributed by atoms with Gasteiger partial charge in [-0.05, 0) is 73.1 Å². The summed E-state index contributed by atoms with van der Waals surface area (Å²) < 4.78 is 58.0. The quantitative estimate of drug-likeness (QED) is 0.188. The van der Waals surface area contributed by atoms with Crippen LogP contribution in [0.15, 0.2) is 65.1 Å². The number of halogens is 2. The highest BCUT2D eigenvalue weighted by molar-refractivity contribution is 7.93. The summed E-state index contributed by atoms with van der Waals surface area (Å²) in [6, 6.07) is 10.8. The van der Waals surface area contributed by atoms with Crippen LogP contribution in [0.4, 0.5) is 8.78 Å². The van der Waals surface area contributed by atoms with Gasteiger partial charge in [-0.1, -0.05) is 52.0 Å². The van der Waals surface area contributed by atoms with Crippen LogP contribution < -0.4 is 15.8 Å². The average Bonchev–Trinajstić information content (AvgIpc) is 3.02. The number of amides is 2. The lowest BCUT2D eigenvalue weighted by Crippen LogP contribution is -2.52. The van der Waals surface area contributed by atoms with E-state index >= 15 is 0 Å². The lowest BCUT2D eigenvalue weighted by molar-refractivity contribution is -0.132. The van der Waals surface area contributed by atoms with Crippen LogP contribution in [0, 0.1) is 23.0 Å². The lowest BCUT2D eigenvalue weighted by atomic mass is 9.64. The second kappa shape index (κ2) is 17.1. The molecule has 1 aliphatic rings. The minimum absolute atomic E-state index is 0.0376. The Balaban J connectivity index is 2.15. The largest absolute Gasteiger partial charge is 0.391 e. The van der Waals surface area contributed by atoms with Gasteiger partial charge in [0, 0.05) is 50.3 Å². The number of aliphatic hydroxyl groups excluding tert-OH is 1. The molecule has 12 heteroatoms. The molecule has 0 bridgehead atoms. The number of carbonyl (C=O) groups excluding carboxylic acids is 2. The molecule has 0 fully saturated rings. The number of carbonyl (C=O) groups is 2. The van der Waals surface area contributed by atoms with Gasteiger partial charge < -0.3 is 21.1 Å². The van der Waals surface area contributed by atoms with E-state index in [9.17, 15) is 31.9 Å². The van der Waals surface area contributed by atoms with E-state index < -0.39 is 50.9 Å². The Bertz CT molecular complexity index is 1550. The Morgan fingerprint density at radius 3 is 2.21 bits per heavy atom. The van der Waals surface area contributed by atoms with Gasteiger partial charge in [-0.2, -0.15) is 0 Å². The molecule has 3 rings (SSSR count). The summed E-state index contributed by atoms with van der Waals surface area (Å²) in [5, 5.41) is 15.0. The highest BCUT2D eigenvalue weighted by Crippen LogP contribution is 2.45. The normalized spacial score (nSPS) is 17.9. The van der Waals surface area contributed by atoms with Crippen molar-refractivity contribution in [3.63, 3.8) is 0 Å². The summed E-state index contributed by atoms with van der Waals surface area (Å²) in [5.41, 5.74) is 6.46. The van der Waals surface area contributed by atoms with E-state index in [1.807, 2.05) is 45.0 Å². The fourth-order valence-electron chi connectivity index (χ4n) is 6.20. The van der Waals surface area contributed by atoms with E-state index in [0.717, 1.165) is 29.7 Å². The SMILES string of the molecule is CCCN(CCC)C(=O)C1=CC(S(=O)(=O)NCC)=CC(C(N)=O)([C@H](Cc2cc(F)cc(F)c2)[C@@H](O)CNCc2cccc(CC)c2)C1. The maximum atomic E-state index is 14.4. The first-order valence-electron chi connectivity index (χ1n) is 16.2. The smallest absolute Gasteiger partial charge is 0.249 e. The first kappa shape index (κ1) is 38.0. The fraction of sp³-hybridized carbons (Fsp3) is 0.486. The number of nitrogens with two attached hydrogens (primary N) is 1. The molecule has 1 unspecified atom stereocenters. The molecule has 258 valence electrons. The third-order valence-electron chi connectivity index (χ3n) is 8.44. The number of benzene rings is 2. The maximum absolute atomic E-state index is 14.4. The Kier molecular flexibility index (Phi) is 13.8. The summed E-state index contributed by atoms with van der Waals surface area (Å²) in [4.78, 5) is 28.8. The highest BCUT2D eigenvalue weighted by Gasteiger charge is 2.50. The third-order valence-corrected chi connectivity index (χ3v) is 9.96. The Morgan fingerprint density at radius 1 is 1.00 bits per heavy atom. The van der Waals surface area contributed by atoms with Gasteiger partial charge in [0.2, 0.25) is 21.8 Å².